The lowest BCUT2D eigenvalue weighted by Gasteiger charge is -2.15. The van der Waals surface area contributed by atoms with Crippen LogP contribution in [0.1, 0.15) is 11.4 Å². The number of halogens is 1. The summed E-state index contributed by atoms with van der Waals surface area (Å²) in [7, 11) is 3.12. The number of hydrogen-bond acceptors (Lipinski definition) is 6. The zero-order valence-corrected chi connectivity index (χ0v) is 13.1. The molecule has 0 fully saturated rings. The molecule has 2 rings (SSSR count). The Bertz CT molecular complexity index is 677. The van der Waals surface area contributed by atoms with Crippen molar-refractivity contribution in [3.63, 3.8) is 0 Å². The summed E-state index contributed by atoms with van der Waals surface area (Å²) in [5.74, 6) is 2.75. The van der Waals surface area contributed by atoms with Crippen LogP contribution in [0.15, 0.2) is 12.1 Å². The van der Waals surface area contributed by atoms with Crippen molar-refractivity contribution in [2.24, 2.45) is 0 Å². The van der Waals surface area contributed by atoms with Crippen molar-refractivity contribution in [2.45, 2.75) is 13.8 Å². The number of aryl methyl sites for hydroxylation is 1. The molecule has 0 aliphatic rings. The maximum atomic E-state index is 6.09. The molecule has 0 aliphatic heterocycles. The molecule has 0 saturated carbocycles. The number of nitrogen functional groups attached to an aromatic ring is 1. The molecule has 0 amide bonds. The van der Waals surface area contributed by atoms with Crippen LogP contribution in [-0.2, 0) is 0 Å². The van der Waals surface area contributed by atoms with Crippen molar-refractivity contribution in [2.75, 3.05) is 25.3 Å². The second kappa shape index (κ2) is 6.05. The highest BCUT2D eigenvalue weighted by Crippen LogP contribution is 2.37. The normalized spacial score (nSPS) is 10.3. The Labute approximate surface area is 128 Å². The van der Waals surface area contributed by atoms with Gasteiger partial charge in [0.1, 0.15) is 29.0 Å². The highest BCUT2D eigenvalue weighted by Gasteiger charge is 2.13. The van der Waals surface area contributed by atoms with E-state index < -0.39 is 0 Å². The first kappa shape index (κ1) is 15.2. The van der Waals surface area contributed by atoms with Gasteiger partial charge in [-0.25, -0.2) is 9.97 Å². The van der Waals surface area contributed by atoms with Crippen LogP contribution in [0.25, 0.3) is 0 Å². The van der Waals surface area contributed by atoms with Gasteiger partial charge in [0.15, 0.2) is 0 Å². The van der Waals surface area contributed by atoms with Gasteiger partial charge in [-0.05, 0) is 13.8 Å². The largest absolute Gasteiger partial charge is 0.495 e. The maximum Gasteiger partial charge on any atom is 0.144 e. The molecule has 0 spiro atoms. The van der Waals surface area contributed by atoms with Gasteiger partial charge < -0.3 is 20.5 Å². The Hall–Kier alpha value is -2.21. The van der Waals surface area contributed by atoms with E-state index in [0.29, 0.717) is 39.7 Å². The van der Waals surface area contributed by atoms with Crippen molar-refractivity contribution < 1.29 is 9.47 Å². The summed E-state index contributed by atoms with van der Waals surface area (Å²) in [4.78, 5) is 8.47. The number of hydrogen-bond donors (Lipinski definition) is 2. The molecule has 2 aromatic rings. The first-order chi connectivity index (χ1) is 9.96. The Morgan fingerprint density at radius 2 is 1.76 bits per heavy atom. The number of anilines is 3. The third-order valence-electron chi connectivity index (χ3n) is 3.02. The molecule has 0 aliphatic carbocycles. The minimum absolute atomic E-state index is 0.435. The van der Waals surface area contributed by atoms with Crippen LogP contribution in [0.3, 0.4) is 0 Å². The molecule has 0 atom stereocenters. The average Bonchev–Trinajstić information content (AvgIpc) is 2.45. The van der Waals surface area contributed by atoms with E-state index in [1.165, 1.54) is 0 Å². The van der Waals surface area contributed by atoms with Crippen LogP contribution in [0.2, 0.25) is 5.02 Å². The number of methoxy groups -OCH3 is 2. The van der Waals surface area contributed by atoms with Gasteiger partial charge in [0.05, 0.1) is 24.9 Å². The number of nitrogens with zero attached hydrogens (tertiary/aromatic N) is 2. The monoisotopic (exact) mass is 308 g/mol. The zero-order valence-electron chi connectivity index (χ0n) is 12.3. The fourth-order valence-electron chi connectivity index (χ4n) is 1.86. The summed E-state index contributed by atoms with van der Waals surface area (Å²) in [6, 6.07) is 3.42. The van der Waals surface area contributed by atoms with Crippen molar-refractivity contribution in [1.82, 2.24) is 9.97 Å². The fraction of sp³-hybridized carbons (Fsp3) is 0.286. The van der Waals surface area contributed by atoms with E-state index in [0.717, 1.165) is 5.56 Å². The lowest BCUT2D eigenvalue weighted by molar-refractivity contribution is 0.405. The quantitative estimate of drug-likeness (QED) is 0.903. The lowest BCUT2D eigenvalue weighted by atomic mass is 10.2. The predicted molar refractivity (Wildman–Crippen MR) is 83.8 cm³/mol. The Kier molecular flexibility index (Phi) is 4.37. The van der Waals surface area contributed by atoms with Crippen LogP contribution < -0.4 is 20.5 Å². The second-order valence-corrected chi connectivity index (χ2v) is 4.85. The highest BCUT2D eigenvalue weighted by atomic mass is 35.5. The van der Waals surface area contributed by atoms with Crippen LogP contribution in [0.4, 0.5) is 17.3 Å². The molecule has 0 radical (unpaired) electrons. The Morgan fingerprint density at radius 3 is 2.38 bits per heavy atom. The first-order valence-electron chi connectivity index (χ1n) is 6.25. The van der Waals surface area contributed by atoms with Crippen molar-refractivity contribution in [3.05, 3.63) is 28.5 Å². The van der Waals surface area contributed by atoms with Gasteiger partial charge in [-0.1, -0.05) is 11.6 Å². The number of aromatic nitrogens is 2. The zero-order chi connectivity index (χ0) is 15.6. The Balaban J connectivity index is 2.48. The number of nitrogens with one attached hydrogen (secondary N) is 1. The van der Waals surface area contributed by atoms with Gasteiger partial charge in [0.25, 0.3) is 0 Å². The topological polar surface area (TPSA) is 82.3 Å². The number of benzene rings is 1. The van der Waals surface area contributed by atoms with Crippen LogP contribution in [0, 0.1) is 13.8 Å². The maximum absolute atomic E-state index is 6.09. The fourth-order valence-corrected chi connectivity index (χ4v) is 2.09. The summed E-state index contributed by atoms with van der Waals surface area (Å²) in [6.07, 6.45) is 0. The summed E-state index contributed by atoms with van der Waals surface area (Å²) in [5.41, 5.74) is 7.30. The van der Waals surface area contributed by atoms with E-state index in [4.69, 9.17) is 26.8 Å². The summed E-state index contributed by atoms with van der Waals surface area (Å²) in [6.45, 7) is 3.62. The van der Waals surface area contributed by atoms with Crippen molar-refractivity contribution >= 4 is 28.9 Å². The number of nitrogens with two attached hydrogens (primary N) is 1. The number of ether oxygens (including phenoxy) is 2. The van der Waals surface area contributed by atoms with Gasteiger partial charge >= 0.3 is 0 Å². The lowest BCUT2D eigenvalue weighted by Crippen LogP contribution is -2.05. The molecule has 1 aromatic heterocycles. The van der Waals surface area contributed by atoms with E-state index in [1.807, 2.05) is 6.92 Å². The molecular weight excluding hydrogens is 292 g/mol. The van der Waals surface area contributed by atoms with Crippen LogP contribution >= 0.6 is 11.6 Å². The molecule has 112 valence electrons. The molecule has 0 bridgehead atoms. The van der Waals surface area contributed by atoms with Gasteiger partial charge in [-0.3, -0.25) is 0 Å². The van der Waals surface area contributed by atoms with E-state index in [2.05, 4.69) is 15.3 Å². The minimum atomic E-state index is 0.435. The molecule has 1 heterocycles. The molecular formula is C14H17ClN4O2. The SMILES string of the molecule is COc1cc(Nc2nc(C)nc(N)c2C)c(OC)cc1Cl. The molecule has 21 heavy (non-hydrogen) atoms. The summed E-state index contributed by atoms with van der Waals surface area (Å²) < 4.78 is 10.5. The van der Waals surface area contributed by atoms with Gasteiger partial charge in [-0.15, -0.1) is 0 Å². The minimum Gasteiger partial charge on any atom is -0.495 e. The summed E-state index contributed by atoms with van der Waals surface area (Å²) in [5, 5.41) is 3.65. The number of rotatable bonds is 4. The van der Waals surface area contributed by atoms with E-state index >= 15 is 0 Å². The van der Waals surface area contributed by atoms with E-state index in [-0.39, 0.29) is 0 Å². The molecule has 0 unspecified atom stereocenters. The predicted octanol–water partition coefficient (Wildman–Crippen LogP) is 3.09. The molecule has 7 heteroatoms. The average molecular weight is 309 g/mol. The van der Waals surface area contributed by atoms with Gasteiger partial charge in [-0.2, -0.15) is 0 Å². The van der Waals surface area contributed by atoms with Crippen LogP contribution in [0.5, 0.6) is 11.5 Å². The third kappa shape index (κ3) is 3.11. The molecule has 3 N–H and O–H groups in total. The molecule has 6 nitrogen and oxygen atoms in total. The molecule has 1 aromatic carbocycles. The standard InChI is InChI=1S/C14H17ClN4O2/c1-7-13(16)17-8(2)18-14(7)19-10-6-11(20-3)9(15)5-12(10)21-4/h5-6H,1-4H3,(H3,16,17,18,19). The van der Waals surface area contributed by atoms with Crippen molar-refractivity contribution in [3.8, 4) is 11.5 Å². The van der Waals surface area contributed by atoms with Crippen LogP contribution in [-0.4, -0.2) is 24.2 Å². The highest BCUT2D eigenvalue weighted by molar-refractivity contribution is 6.32. The van der Waals surface area contributed by atoms with Gasteiger partial charge in [0, 0.05) is 17.7 Å². The second-order valence-electron chi connectivity index (χ2n) is 4.44. The van der Waals surface area contributed by atoms with E-state index in [1.54, 1.807) is 33.3 Å². The van der Waals surface area contributed by atoms with E-state index in [9.17, 15) is 0 Å². The third-order valence-corrected chi connectivity index (χ3v) is 3.32. The molecule has 0 saturated heterocycles. The Morgan fingerprint density at radius 1 is 1.10 bits per heavy atom. The van der Waals surface area contributed by atoms with Gasteiger partial charge in [0.2, 0.25) is 0 Å². The van der Waals surface area contributed by atoms with Crippen molar-refractivity contribution in [1.29, 1.82) is 0 Å². The summed E-state index contributed by atoms with van der Waals surface area (Å²) >= 11 is 6.09. The smallest absolute Gasteiger partial charge is 0.144 e. The first-order valence-corrected chi connectivity index (χ1v) is 6.63.